The summed E-state index contributed by atoms with van der Waals surface area (Å²) in [5.41, 5.74) is 1.32. The van der Waals surface area contributed by atoms with Gasteiger partial charge in [-0.25, -0.2) is 12.7 Å². The average Bonchev–Trinajstić information content (AvgIpc) is 2.67. The van der Waals surface area contributed by atoms with Crippen molar-refractivity contribution in [3.05, 3.63) is 60.3 Å². The second-order valence-electron chi connectivity index (χ2n) is 5.99. The Labute approximate surface area is 157 Å². The van der Waals surface area contributed by atoms with E-state index in [1.807, 2.05) is 12.1 Å². The van der Waals surface area contributed by atoms with Crippen molar-refractivity contribution >= 4 is 32.5 Å². The number of nitrogens with one attached hydrogen (secondary N) is 1. The number of amides is 1. The summed E-state index contributed by atoms with van der Waals surface area (Å²) in [6.45, 7) is 0. The van der Waals surface area contributed by atoms with Gasteiger partial charge >= 0.3 is 0 Å². The lowest BCUT2D eigenvalue weighted by Gasteiger charge is -2.16. The molecule has 0 saturated carbocycles. The van der Waals surface area contributed by atoms with Gasteiger partial charge in [0.1, 0.15) is 10.6 Å². The molecule has 140 valence electrons. The van der Waals surface area contributed by atoms with Crippen LogP contribution in [0.25, 0.3) is 10.9 Å². The monoisotopic (exact) mass is 385 g/mol. The van der Waals surface area contributed by atoms with Crippen molar-refractivity contribution in [1.29, 1.82) is 0 Å². The maximum atomic E-state index is 12.7. The molecular weight excluding hydrogens is 366 g/mol. The number of hydrogen-bond acceptors (Lipinski definition) is 5. The highest BCUT2D eigenvalue weighted by Gasteiger charge is 2.23. The van der Waals surface area contributed by atoms with Crippen LogP contribution in [0.15, 0.2) is 59.6 Å². The highest BCUT2D eigenvalue weighted by molar-refractivity contribution is 7.89. The molecule has 0 spiro atoms. The first-order valence-electron chi connectivity index (χ1n) is 8.10. The number of hydrogen-bond donors (Lipinski definition) is 1. The third kappa shape index (κ3) is 3.62. The zero-order valence-corrected chi connectivity index (χ0v) is 15.9. The molecule has 27 heavy (non-hydrogen) atoms. The number of nitrogens with zero attached hydrogens (tertiary/aromatic N) is 2. The van der Waals surface area contributed by atoms with E-state index in [2.05, 4.69) is 10.3 Å². The summed E-state index contributed by atoms with van der Waals surface area (Å²) < 4.78 is 31.3. The van der Waals surface area contributed by atoms with Gasteiger partial charge in [-0.2, -0.15) is 0 Å². The number of anilines is 1. The number of carbonyl (C=O) groups excluding carboxylic acids is 1. The Hall–Kier alpha value is -2.97. The first-order valence-corrected chi connectivity index (χ1v) is 9.54. The Morgan fingerprint density at radius 3 is 2.56 bits per heavy atom. The number of carbonyl (C=O) groups is 1. The van der Waals surface area contributed by atoms with E-state index in [1.165, 1.54) is 33.3 Å². The van der Waals surface area contributed by atoms with Crippen LogP contribution < -0.4 is 10.1 Å². The van der Waals surface area contributed by atoms with E-state index in [1.54, 1.807) is 30.5 Å². The molecule has 0 fully saturated rings. The number of aromatic nitrogens is 1. The number of methoxy groups -OCH3 is 1. The molecule has 1 amide bonds. The van der Waals surface area contributed by atoms with Gasteiger partial charge in [0.15, 0.2) is 0 Å². The molecule has 1 N–H and O–H groups in total. The average molecular weight is 385 g/mol. The van der Waals surface area contributed by atoms with E-state index in [9.17, 15) is 13.2 Å². The third-order valence-electron chi connectivity index (χ3n) is 4.06. The minimum absolute atomic E-state index is 0.0242. The fourth-order valence-electron chi connectivity index (χ4n) is 2.64. The quantitative estimate of drug-likeness (QED) is 0.730. The lowest BCUT2D eigenvalue weighted by molar-refractivity contribution is 0.102. The second-order valence-corrected chi connectivity index (χ2v) is 8.11. The van der Waals surface area contributed by atoms with Crippen molar-refractivity contribution < 1.29 is 17.9 Å². The lowest BCUT2D eigenvalue weighted by atomic mass is 10.1. The summed E-state index contributed by atoms with van der Waals surface area (Å²) >= 11 is 0. The minimum atomic E-state index is -3.73. The molecule has 1 heterocycles. The molecule has 7 nitrogen and oxygen atoms in total. The molecule has 0 atom stereocenters. The number of rotatable bonds is 5. The molecule has 0 aliphatic heterocycles. The Morgan fingerprint density at radius 1 is 1.11 bits per heavy atom. The zero-order chi connectivity index (χ0) is 19.6. The minimum Gasteiger partial charge on any atom is -0.495 e. The van der Waals surface area contributed by atoms with Crippen molar-refractivity contribution in [3.63, 3.8) is 0 Å². The summed E-state index contributed by atoms with van der Waals surface area (Å²) in [4.78, 5) is 17.0. The number of benzene rings is 2. The van der Waals surface area contributed by atoms with Crippen molar-refractivity contribution in [2.24, 2.45) is 0 Å². The van der Waals surface area contributed by atoms with Crippen LogP contribution in [0.4, 0.5) is 5.69 Å². The van der Waals surface area contributed by atoms with E-state index in [0.29, 0.717) is 16.8 Å². The topological polar surface area (TPSA) is 88.6 Å². The molecule has 8 heteroatoms. The van der Waals surface area contributed by atoms with Crippen LogP contribution in [0.3, 0.4) is 0 Å². The third-order valence-corrected chi connectivity index (χ3v) is 5.89. The fraction of sp³-hybridized carbons (Fsp3) is 0.158. The first kappa shape index (κ1) is 18.8. The van der Waals surface area contributed by atoms with Crippen LogP contribution in [0.5, 0.6) is 5.75 Å². The summed E-state index contributed by atoms with van der Waals surface area (Å²) in [5, 5.41) is 3.58. The molecule has 0 radical (unpaired) electrons. The molecule has 0 aliphatic carbocycles. The van der Waals surface area contributed by atoms with E-state index in [0.717, 1.165) is 9.69 Å². The van der Waals surface area contributed by atoms with E-state index in [-0.39, 0.29) is 16.6 Å². The van der Waals surface area contributed by atoms with Crippen LogP contribution in [-0.4, -0.2) is 44.8 Å². The Morgan fingerprint density at radius 2 is 1.85 bits per heavy atom. The standard InChI is InChI=1S/C19H19N3O4S/c1-22(2)27(24,25)17-12-14(9-10-16(17)26-3)21-19(23)15-8-4-6-13-7-5-11-20-18(13)15/h4-12H,1-3H3,(H,21,23). The summed E-state index contributed by atoms with van der Waals surface area (Å²) in [7, 11) is 0.525. The van der Waals surface area contributed by atoms with Crippen LogP contribution in [0.1, 0.15) is 10.4 Å². The smallest absolute Gasteiger partial charge is 0.257 e. The summed E-state index contributed by atoms with van der Waals surface area (Å²) in [6.07, 6.45) is 1.62. The van der Waals surface area contributed by atoms with Crippen LogP contribution >= 0.6 is 0 Å². The summed E-state index contributed by atoms with van der Waals surface area (Å²) in [6, 6.07) is 13.5. The van der Waals surface area contributed by atoms with Crippen molar-refractivity contribution in [2.45, 2.75) is 4.90 Å². The van der Waals surface area contributed by atoms with Crippen LogP contribution in [0.2, 0.25) is 0 Å². The molecule has 3 aromatic rings. The van der Waals surface area contributed by atoms with Gasteiger partial charge < -0.3 is 10.1 Å². The maximum Gasteiger partial charge on any atom is 0.257 e. The summed E-state index contributed by atoms with van der Waals surface area (Å²) in [5.74, 6) is -0.175. The van der Waals surface area contributed by atoms with E-state index < -0.39 is 10.0 Å². The van der Waals surface area contributed by atoms with Gasteiger partial charge in [0.25, 0.3) is 5.91 Å². The van der Waals surface area contributed by atoms with E-state index in [4.69, 9.17) is 4.74 Å². The van der Waals surface area contributed by atoms with Gasteiger partial charge in [-0.05, 0) is 30.3 Å². The number of ether oxygens (including phenoxy) is 1. The number of pyridine rings is 1. The highest BCUT2D eigenvalue weighted by atomic mass is 32.2. The van der Waals surface area contributed by atoms with E-state index >= 15 is 0 Å². The number of para-hydroxylation sites is 1. The molecule has 3 rings (SSSR count). The van der Waals surface area contributed by atoms with Crippen LogP contribution in [-0.2, 0) is 10.0 Å². The van der Waals surface area contributed by atoms with Gasteiger partial charge in [-0.15, -0.1) is 0 Å². The molecule has 0 unspecified atom stereocenters. The predicted molar refractivity (Wildman–Crippen MR) is 104 cm³/mol. The second kappa shape index (κ2) is 7.34. The molecule has 1 aromatic heterocycles. The number of sulfonamides is 1. The van der Waals surface area contributed by atoms with Crippen molar-refractivity contribution in [3.8, 4) is 5.75 Å². The SMILES string of the molecule is COc1ccc(NC(=O)c2cccc3cccnc23)cc1S(=O)(=O)N(C)C. The van der Waals surface area contributed by atoms with Gasteiger partial charge in [0.2, 0.25) is 10.0 Å². The van der Waals surface area contributed by atoms with Gasteiger partial charge in [0.05, 0.1) is 18.2 Å². The Kier molecular flexibility index (Phi) is 5.11. The van der Waals surface area contributed by atoms with Gasteiger partial charge in [0, 0.05) is 31.4 Å². The van der Waals surface area contributed by atoms with Crippen LogP contribution in [0, 0.1) is 0 Å². The molecule has 0 saturated heterocycles. The maximum absolute atomic E-state index is 12.7. The van der Waals surface area contributed by atoms with Gasteiger partial charge in [-0.3, -0.25) is 9.78 Å². The fourth-order valence-corrected chi connectivity index (χ4v) is 3.71. The normalized spacial score (nSPS) is 11.6. The molecule has 0 aliphatic rings. The van der Waals surface area contributed by atoms with Crippen molar-refractivity contribution in [1.82, 2.24) is 9.29 Å². The molecule has 2 aromatic carbocycles. The lowest BCUT2D eigenvalue weighted by Crippen LogP contribution is -2.23. The Balaban J connectivity index is 1.99. The number of fused-ring (bicyclic) bond motifs is 1. The first-order chi connectivity index (χ1) is 12.8. The predicted octanol–water partition coefficient (Wildman–Crippen LogP) is 2.75. The largest absolute Gasteiger partial charge is 0.495 e. The Bertz CT molecular complexity index is 1110. The molecule has 0 bridgehead atoms. The van der Waals surface area contributed by atoms with Gasteiger partial charge in [-0.1, -0.05) is 18.2 Å². The highest BCUT2D eigenvalue weighted by Crippen LogP contribution is 2.29. The molecular formula is C19H19N3O4S. The zero-order valence-electron chi connectivity index (χ0n) is 15.1. The van der Waals surface area contributed by atoms with Crippen molar-refractivity contribution in [2.75, 3.05) is 26.5 Å².